The third-order valence-electron chi connectivity index (χ3n) is 4.35. The van der Waals surface area contributed by atoms with Crippen LogP contribution in [0.2, 0.25) is 5.02 Å². The first-order valence-electron chi connectivity index (χ1n) is 9.03. The molecule has 12 heteroatoms. The lowest BCUT2D eigenvalue weighted by Gasteiger charge is -2.06. The van der Waals surface area contributed by atoms with E-state index >= 15 is 0 Å². The van der Waals surface area contributed by atoms with Crippen molar-refractivity contribution < 1.29 is 23.8 Å². The highest BCUT2D eigenvalue weighted by Gasteiger charge is 2.18. The van der Waals surface area contributed by atoms with Crippen LogP contribution in [0.4, 0.5) is 17.1 Å². The summed E-state index contributed by atoms with van der Waals surface area (Å²) in [7, 11) is 1.39. The van der Waals surface area contributed by atoms with Gasteiger partial charge in [-0.3, -0.25) is 25.0 Å². The fourth-order valence-corrected chi connectivity index (χ4v) is 2.95. The number of furan rings is 1. The van der Waals surface area contributed by atoms with E-state index in [1.54, 1.807) is 6.07 Å². The number of hydrogen-bond acceptors (Lipinski definition) is 8. The van der Waals surface area contributed by atoms with Gasteiger partial charge < -0.3 is 14.5 Å². The second-order valence-electron chi connectivity index (χ2n) is 6.39. The minimum atomic E-state index is -0.870. The predicted octanol–water partition coefficient (Wildman–Crippen LogP) is 4.97. The van der Waals surface area contributed by atoms with Crippen LogP contribution in [0.15, 0.2) is 58.5 Å². The van der Waals surface area contributed by atoms with Crippen molar-refractivity contribution in [1.82, 2.24) is 0 Å². The van der Waals surface area contributed by atoms with Crippen molar-refractivity contribution in [2.75, 3.05) is 12.4 Å². The quantitative estimate of drug-likeness (QED) is 0.220. The van der Waals surface area contributed by atoms with Crippen LogP contribution in [0.3, 0.4) is 0 Å². The molecular formula is C21H13ClN4O7. The Labute approximate surface area is 190 Å². The van der Waals surface area contributed by atoms with Gasteiger partial charge in [-0.05, 0) is 24.3 Å². The molecule has 0 aliphatic rings. The van der Waals surface area contributed by atoms with Crippen molar-refractivity contribution >= 4 is 40.6 Å². The van der Waals surface area contributed by atoms with E-state index in [9.17, 15) is 30.3 Å². The fraction of sp³-hybridized carbons (Fsp3) is 0.0476. The standard InChI is InChI=1S/C21H13ClN4O7/c1-32-19-6-3-13(25(28)29)9-16(19)20-7-4-15(33-20)8-12(11-23)21(27)24-18-10-14(26(30)31)2-5-17(18)22/h2-10H,1H3,(H,24,27)/b12-8+. The molecular weight excluding hydrogens is 456 g/mol. The van der Waals surface area contributed by atoms with Gasteiger partial charge in [0.2, 0.25) is 0 Å². The molecule has 0 saturated heterocycles. The Hall–Kier alpha value is -4.69. The SMILES string of the molecule is COc1ccc([N+](=O)[O-])cc1-c1ccc(/C=C(\C#N)C(=O)Nc2cc([N+](=O)[O-])ccc2Cl)o1. The first kappa shape index (κ1) is 23.0. The Morgan fingerprint density at radius 3 is 2.42 bits per heavy atom. The van der Waals surface area contributed by atoms with Crippen LogP contribution in [0.25, 0.3) is 17.4 Å². The van der Waals surface area contributed by atoms with E-state index in [0.29, 0.717) is 11.3 Å². The maximum atomic E-state index is 12.5. The molecule has 2 aromatic carbocycles. The van der Waals surface area contributed by atoms with Gasteiger partial charge in [0.05, 0.1) is 33.2 Å². The summed E-state index contributed by atoms with van der Waals surface area (Å²) in [6.45, 7) is 0. The van der Waals surface area contributed by atoms with E-state index in [1.165, 1.54) is 49.6 Å². The van der Waals surface area contributed by atoms with E-state index in [2.05, 4.69) is 5.32 Å². The number of non-ortho nitro benzene ring substituents is 2. The third-order valence-corrected chi connectivity index (χ3v) is 4.68. The number of rotatable bonds is 7. The molecule has 11 nitrogen and oxygen atoms in total. The molecule has 0 spiro atoms. The number of nitrogens with zero attached hydrogens (tertiary/aromatic N) is 3. The summed E-state index contributed by atoms with van der Waals surface area (Å²) < 4.78 is 10.8. The lowest BCUT2D eigenvalue weighted by atomic mass is 10.1. The molecule has 0 radical (unpaired) electrons. The largest absolute Gasteiger partial charge is 0.496 e. The second-order valence-corrected chi connectivity index (χ2v) is 6.80. The van der Waals surface area contributed by atoms with Crippen molar-refractivity contribution in [3.8, 4) is 23.1 Å². The zero-order valence-corrected chi connectivity index (χ0v) is 17.5. The van der Waals surface area contributed by atoms with E-state index in [1.807, 2.05) is 0 Å². The molecule has 166 valence electrons. The van der Waals surface area contributed by atoms with Crippen LogP contribution < -0.4 is 10.1 Å². The van der Waals surface area contributed by atoms with Crippen LogP contribution in [-0.2, 0) is 4.79 Å². The summed E-state index contributed by atoms with van der Waals surface area (Å²) >= 11 is 5.97. The molecule has 0 bridgehead atoms. The Kier molecular flexibility index (Phi) is 6.71. The van der Waals surface area contributed by atoms with Crippen LogP contribution in [-0.4, -0.2) is 22.9 Å². The number of anilines is 1. The Bertz CT molecular complexity index is 1340. The van der Waals surface area contributed by atoms with Gasteiger partial charge in [0, 0.05) is 30.3 Å². The number of carbonyl (C=O) groups excluding carboxylic acids is 1. The van der Waals surface area contributed by atoms with E-state index in [0.717, 1.165) is 12.1 Å². The predicted molar refractivity (Wildman–Crippen MR) is 118 cm³/mol. The molecule has 1 aromatic heterocycles. The third kappa shape index (κ3) is 5.15. The van der Waals surface area contributed by atoms with E-state index in [-0.39, 0.29) is 39.2 Å². The fourth-order valence-electron chi connectivity index (χ4n) is 2.78. The maximum absolute atomic E-state index is 12.5. The highest BCUT2D eigenvalue weighted by Crippen LogP contribution is 2.35. The monoisotopic (exact) mass is 468 g/mol. The number of nitro groups is 2. The number of ether oxygens (including phenoxy) is 1. The van der Waals surface area contributed by atoms with Crippen LogP contribution in [0.1, 0.15) is 5.76 Å². The van der Waals surface area contributed by atoms with Crippen molar-refractivity contribution in [3.63, 3.8) is 0 Å². The average Bonchev–Trinajstić information content (AvgIpc) is 3.26. The Morgan fingerprint density at radius 2 is 1.79 bits per heavy atom. The normalized spacial score (nSPS) is 10.9. The van der Waals surface area contributed by atoms with Gasteiger partial charge in [-0.2, -0.15) is 5.26 Å². The van der Waals surface area contributed by atoms with Gasteiger partial charge in [-0.15, -0.1) is 0 Å². The molecule has 1 heterocycles. The van der Waals surface area contributed by atoms with Crippen molar-refractivity contribution in [2.24, 2.45) is 0 Å². The second kappa shape index (κ2) is 9.63. The number of nitro benzene ring substituents is 2. The van der Waals surface area contributed by atoms with Crippen LogP contribution in [0.5, 0.6) is 5.75 Å². The molecule has 0 unspecified atom stereocenters. The van der Waals surface area contributed by atoms with E-state index < -0.39 is 15.8 Å². The Balaban J connectivity index is 1.90. The zero-order valence-electron chi connectivity index (χ0n) is 16.8. The molecule has 1 N–H and O–H groups in total. The highest BCUT2D eigenvalue weighted by molar-refractivity contribution is 6.34. The number of nitriles is 1. The molecule has 0 aliphatic heterocycles. The zero-order chi connectivity index (χ0) is 24.1. The highest BCUT2D eigenvalue weighted by atomic mass is 35.5. The lowest BCUT2D eigenvalue weighted by Crippen LogP contribution is -2.13. The maximum Gasteiger partial charge on any atom is 0.271 e. The smallest absolute Gasteiger partial charge is 0.271 e. The molecule has 1 amide bonds. The van der Waals surface area contributed by atoms with Crippen molar-refractivity contribution in [3.05, 3.63) is 85.1 Å². The summed E-state index contributed by atoms with van der Waals surface area (Å²) in [6.07, 6.45) is 1.15. The van der Waals surface area contributed by atoms with Gasteiger partial charge in [-0.25, -0.2) is 0 Å². The number of amides is 1. The minimum absolute atomic E-state index is 0.0431. The number of carbonyl (C=O) groups is 1. The first-order chi connectivity index (χ1) is 15.7. The summed E-state index contributed by atoms with van der Waals surface area (Å²) in [4.78, 5) is 33.3. The minimum Gasteiger partial charge on any atom is -0.496 e. The molecule has 3 rings (SSSR count). The van der Waals surface area contributed by atoms with Gasteiger partial charge in [0.15, 0.2) is 0 Å². The van der Waals surface area contributed by atoms with Gasteiger partial charge >= 0.3 is 0 Å². The topological polar surface area (TPSA) is 162 Å². The van der Waals surface area contributed by atoms with Gasteiger partial charge in [-0.1, -0.05) is 11.6 Å². The molecule has 3 aromatic rings. The summed E-state index contributed by atoms with van der Waals surface area (Å²) in [5, 5.41) is 33.8. The summed E-state index contributed by atoms with van der Waals surface area (Å²) in [5.41, 5.74) is -0.579. The van der Waals surface area contributed by atoms with Gasteiger partial charge in [0.1, 0.15) is 28.9 Å². The number of hydrogen-bond donors (Lipinski definition) is 1. The molecule has 0 saturated carbocycles. The van der Waals surface area contributed by atoms with Gasteiger partial charge in [0.25, 0.3) is 17.3 Å². The summed E-state index contributed by atoms with van der Waals surface area (Å²) in [5.74, 6) is -0.230. The van der Waals surface area contributed by atoms with E-state index in [4.69, 9.17) is 20.8 Å². The number of nitrogens with one attached hydrogen (secondary N) is 1. The van der Waals surface area contributed by atoms with Crippen LogP contribution >= 0.6 is 11.6 Å². The molecule has 0 fully saturated rings. The van der Waals surface area contributed by atoms with Crippen LogP contribution in [0, 0.1) is 31.6 Å². The first-order valence-corrected chi connectivity index (χ1v) is 9.41. The number of benzene rings is 2. The summed E-state index contributed by atoms with van der Waals surface area (Å²) in [6, 6.07) is 12.1. The van der Waals surface area contributed by atoms with Crippen molar-refractivity contribution in [1.29, 1.82) is 5.26 Å². The number of methoxy groups -OCH3 is 1. The molecule has 0 aliphatic carbocycles. The van der Waals surface area contributed by atoms with Crippen molar-refractivity contribution in [2.45, 2.75) is 0 Å². The lowest BCUT2D eigenvalue weighted by molar-refractivity contribution is -0.385. The number of halogens is 1. The Morgan fingerprint density at radius 1 is 1.12 bits per heavy atom. The molecule has 33 heavy (non-hydrogen) atoms. The average molecular weight is 469 g/mol. The molecule has 0 atom stereocenters.